The van der Waals surface area contributed by atoms with Gasteiger partial charge in [0.2, 0.25) is 5.95 Å². The number of nitrogens with two attached hydrogens (primary N) is 3. The van der Waals surface area contributed by atoms with E-state index in [1.165, 1.54) is 23.2 Å². The molecule has 4 aromatic heterocycles. The van der Waals surface area contributed by atoms with Crippen LogP contribution in [0.4, 0.5) is 11.6 Å². The van der Waals surface area contributed by atoms with Crippen molar-refractivity contribution in [2.45, 2.75) is 49.0 Å². The lowest BCUT2D eigenvalue weighted by molar-refractivity contribution is -0.0673. The molecule has 3 saturated heterocycles. The minimum Gasteiger partial charge on any atom is -0.397 e. The zero-order valence-electron chi connectivity index (χ0n) is 22.7. The number of hydrogen-bond acceptors (Lipinski definition) is 17. The summed E-state index contributed by atoms with van der Waals surface area (Å²) in [7, 11) is -10.0. The number of phosphoric acid groups is 2. The van der Waals surface area contributed by atoms with Crippen LogP contribution in [0.5, 0.6) is 0 Å². The topological polar surface area (TPSA) is 323 Å². The van der Waals surface area contributed by atoms with Crippen molar-refractivity contribution in [1.29, 1.82) is 0 Å². The van der Waals surface area contributed by atoms with Gasteiger partial charge >= 0.3 is 15.6 Å². The Morgan fingerprint density at radius 3 is 2.22 bits per heavy atom. The second-order valence-electron chi connectivity index (χ2n) is 10.4. The van der Waals surface area contributed by atoms with Crippen molar-refractivity contribution in [2.24, 2.45) is 5.73 Å². The van der Waals surface area contributed by atoms with Crippen molar-refractivity contribution < 1.29 is 51.6 Å². The molecule has 0 amide bonds. The fourth-order valence-corrected chi connectivity index (χ4v) is 7.29. The number of aromatic nitrogens is 7. The lowest BCUT2D eigenvalue weighted by Crippen LogP contribution is -2.43. The summed E-state index contributed by atoms with van der Waals surface area (Å²) in [5.74, 6) is -0.272. The van der Waals surface area contributed by atoms with Crippen LogP contribution in [0, 0.1) is 0 Å². The molecule has 7 rings (SSSR count). The van der Waals surface area contributed by atoms with Gasteiger partial charge in [0.05, 0.1) is 37.6 Å². The Kier molecular flexibility index (Phi) is 7.32. The number of aliphatic hydroxyl groups excluding tert-OH is 1. The molecule has 0 aromatic carbocycles. The number of anilines is 2. The van der Waals surface area contributed by atoms with E-state index in [0.717, 1.165) is 10.9 Å². The Bertz CT molecular complexity index is 1940. The highest BCUT2D eigenvalue weighted by atomic mass is 31.2. The van der Waals surface area contributed by atoms with Gasteiger partial charge in [-0.3, -0.25) is 37.0 Å². The number of nitrogens with one attached hydrogen (secondary N) is 1. The molecule has 10 atom stereocenters. The Morgan fingerprint density at radius 2 is 1.49 bits per heavy atom. The molecule has 0 spiro atoms. The lowest BCUT2D eigenvalue weighted by Gasteiger charge is -2.26. The van der Waals surface area contributed by atoms with E-state index in [0.29, 0.717) is 11.2 Å². The summed E-state index contributed by atoms with van der Waals surface area (Å²) in [4.78, 5) is 52.4. The minimum absolute atomic E-state index is 0.114. The van der Waals surface area contributed by atoms with Gasteiger partial charge in [-0.15, -0.1) is 0 Å². The number of aromatic amines is 1. The van der Waals surface area contributed by atoms with Gasteiger partial charge in [0, 0.05) is 6.20 Å². The summed E-state index contributed by atoms with van der Waals surface area (Å²) in [6.45, 7) is -1.46. The van der Waals surface area contributed by atoms with Gasteiger partial charge in [-0.1, -0.05) is 0 Å². The van der Waals surface area contributed by atoms with Crippen molar-refractivity contribution in [2.75, 3.05) is 24.7 Å². The number of ether oxygens (including phenoxy) is 2. The van der Waals surface area contributed by atoms with Crippen LogP contribution in [-0.4, -0.2) is 98.7 Å². The van der Waals surface area contributed by atoms with E-state index in [-0.39, 0.29) is 22.8 Å². The Morgan fingerprint density at radius 1 is 0.889 bits per heavy atom. The molecule has 0 aliphatic carbocycles. The van der Waals surface area contributed by atoms with E-state index in [2.05, 4.69) is 24.9 Å². The number of rotatable bonds is 2. The third kappa shape index (κ3) is 5.33. The number of imidazole rings is 2. The number of fused-ring (bicyclic) bond motifs is 6. The first-order valence-corrected chi connectivity index (χ1v) is 16.2. The fourth-order valence-electron chi connectivity index (χ4n) is 5.41. The van der Waals surface area contributed by atoms with E-state index < -0.39 is 83.4 Å². The molecule has 3 fully saturated rings. The number of phosphoric ester groups is 2. The van der Waals surface area contributed by atoms with E-state index in [1.807, 2.05) is 0 Å². The van der Waals surface area contributed by atoms with E-state index >= 15 is 0 Å². The average Bonchev–Trinajstić information content (AvgIpc) is 3.72. The Balaban J connectivity index is 1.23. The average molecular weight is 672 g/mol. The maximum absolute atomic E-state index is 13.2. The SMILES string of the molecule is Nc1nc2c(ncn2[C@@H]2O[C@@H]3COP(=O)(O)O[C@@H]4[C@H](N)[C@@H](COP(=O)(O)O[C@@H]2[C@@H]3O)O[C@H]4n2cnc3c(N)ccnc32)c(=O)[nH]1. The van der Waals surface area contributed by atoms with Crippen molar-refractivity contribution >= 4 is 49.6 Å². The number of H-pyrrole nitrogens is 1. The highest BCUT2D eigenvalue weighted by Crippen LogP contribution is 2.53. The number of pyridine rings is 1. The molecule has 45 heavy (non-hydrogen) atoms. The van der Waals surface area contributed by atoms with Gasteiger partial charge in [-0.2, -0.15) is 4.98 Å². The number of aliphatic hydroxyl groups is 1. The van der Waals surface area contributed by atoms with Gasteiger partial charge in [0.1, 0.15) is 36.0 Å². The van der Waals surface area contributed by atoms with E-state index in [9.17, 15) is 28.8 Å². The highest BCUT2D eigenvalue weighted by Gasteiger charge is 2.53. The van der Waals surface area contributed by atoms with Crippen LogP contribution < -0.4 is 22.8 Å². The van der Waals surface area contributed by atoms with Crippen LogP contribution in [0.25, 0.3) is 22.3 Å². The van der Waals surface area contributed by atoms with E-state index in [4.69, 9.17) is 44.8 Å². The molecular formula is C21H26N10O12P2. The van der Waals surface area contributed by atoms with Gasteiger partial charge in [0.25, 0.3) is 5.56 Å². The van der Waals surface area contributed by atoms with Crippen LogP contribution in [0.3, 0.4) is 0 Å². The monoisotopic (exact) mass is 672 g/mol. The molecule has 2 unspecified atom stereocenters. The highest BCUT2D eigenvalue weighted by molar-refractivity contribution is 7.47. The summed E-state index contributed by atoms with van der Waals surface area (Å²) in [5, 5.41) is 11.1. The summed E-state index contributed by atoms with van der Waals surface area (Å²) in [5.41, 5.74) is 17.9. The molecule has 10 N–H and O–H groups in total. The molecule has 0 radical (unpaired) electrons. The zero-order chi connectivity index (χ0) is 31.8. The van der Waals surface area contributed by atoms with Crippen LogP contribution in [-0.2, 0) is 36.7 Å². The maximum Gasteiger partial charge on any atom is 0.472 e. The first kappa shape index (κ1) is 30.3. The van der Waals surface area contributed by atoms with Gasteiger partial charge in [-0.05, 0) is 6.07 Å². The van der Waals surface area contributed by atoms with Gasteiger partial charge in [-0.25, -0.2) is 24.1 Å². The first-order valence-electron chi connectivity index (χ1n) is 13.2. The molecule has 22 nitrogen and oxygen atoms in total. The predicted octanol–water partition coefficient (Wildman–Crippen LogP) is -1.77. The molecule has 4 bridgehead atoms. The van der Waals surface area contributed by atoms with Crippen molar-refractivity contribution in [1.82, 2.24) is 34.1 Å². The molecule has 4 aromatic rings. The summed E-state index contributed by atoms with van der Waals surface area (Å²) in [6.07, 6.45) is -6.43. The summed E-state index contributed by atoms with van der Waals surface area (Å²) in [6, 6.07) is 0.302. The van der Waals surface area contributed by atoms with Crippen molar-refractivity contribution in [3.05, 3.63) is 35.3 Å². The fraction of sp³-hybridized carbons (Fsp3) is 0.476. The number of nitrogens with zero attached hydrogens (tertiary/aromatic N) is 6. The number of nitrogen functional groups attached to an aromatic ring is 2. The molecule has 0 saturated carbocycles. The zero-order valence-corrected chi connectivity index (χ0v) is 24.5. The minimum atomic E-state index is -5.03. The normalized spacial score (nSPS) is 37.7. The lowest BCUT2D eigenvalue weighted by atomic mass is 10.1. The van der Waals surface area contributed by atoms with Crippen molar-refractivity contribution in [3.8, 4) is 0 Å². The molecule has 242 valence electrons. The second-order valence-corrected chi connectivity index (χ2v) is 13.2. The maximum atomic E-state index is 13.2. The predicted molar refractivity (Wildman–Crippen MR) is 148 cm³/mol. The third-order valence-electron chi connectivity index (χ3n) is 7.52. The molecule has 7 heterocycles. The number of hydrogen-bond donors (Lipinski definition) is 7. The Labute approximate surface area is 250 Å². The second kappa shape index (κ2) is 10.9. The van der Waals surface area contributed by atoms with Gasteiger partial charge < -0.3 is 41.6 Å². The van der Waals surface area contributed by atoms with Gasteiger partial charge in [0.15, 0.2) is 29.3 Å². The molecule has 24 heteroatoms. The van der Waals surface area contributed by atoms with Crippen LogP contribution in [0.2, 0.25) is 0 Å². The van der Waals surface area contributed by atoms with Crippen LogP contribution >= 0.6 is 15.6 Å². The molecule has 3 aliphatic heterocycles. The standard InChI is InChI=1S/C21H26N10O12P2/c22-7-1-2-25-16-11(7)26-5-30(16)19-14-10(23)8(40-19)3-38-45(36,37)43-15-13(32)9(4-39-44(34,35)42-14)41-20(15)31-6-27-12-17(31)28-21(24)29-18(12)33/h1-2,5-6,8-10,13-15,19-20,32H,3-4,23H2,(H2,22,25)(H,34,35)(H,36,37)(H3,24,28,29,33)/t8-,9-,10-,13-,14-,15-,19-,20-/m1/s1. The quantitative estimate of drug-likeness (QED) is 0.116. The molecular weight excluding hydrogens is 646 g/mol. The smallest absolute Gasteiger partial charge is 0.397 e. The summed E-state index contributed by atoms with van der Waals surface area (Å²) < 4.78 is 61.9. The first-order chi connectivity index (χ1) is 21.3. The third-order valence-corrected chi connectivity index (χ3v) is 9.49. The van der Waals surface area contributed by atoms with Crippen LogP contribution in [0.15, 0.2) is 29.7 Å². The van der Waals surface area contributed by atoms with Crippen LogP contribution in [0.1, 0.15) is 12.5 Å². The Hall–Kier alpha value is -3.37. The van der Waals surface area contributed by atoms with Crippen molar-refractivity contribution in [3.63, 3.8) is 0 Å². The van der Waals surface area contributed by atoms with E-state index in [1.54, 1.807) is 0 Å². The summed E-state index contributed by atoms with van der Waals surface area (Å²) >= 11 is 0. The largest absolute Gasteiger partial charge is 0.472 e. The molecule has 3 aliphatic rings.